The molecule has 16 heavy (non-hydrogen) atoms. The molecule has 1 aliphatic rings. The lowest BCUT2D eigenvalue weighted by Crippen LogP contribution is -2.41. The van der Waals surface area contributed by atoms with Crippen LogP contribution in [0, 0.1) is 0 Å². The quantitative estimate of drug-likeness (QED) is 0.927. The molecule has 2 rings (SSSR count). The zero-order chi connectivity index (χ0) is 11.4. The molecule has 2 N–H and O–H groups in total. The van der Waals surface area contributed by atoms with Crippen LogP contribution in [0.5, 0.6) is 0 Å². The van der Waals surface area contributed by atoms with Gasteiger partial charge in [-0.15, -0.1) is 0 Å². The third-order valence-corrected chi connectivity index (χ3v) is 3.76. The number of pyridine rings is 1. The number of rotatable bonds is 3. The van der Waals surface area contributed by atoms with Crippen molar-refractivity contribution >= 4 is 21.7 Å². The first-order valence-corrected chi connectivity index (χ1v) is 6.69. The summed E-state index contributed by atoms with van der Waals surface area (Å²) in [4.78, 5) is 6.88. The van der Waals surface area contributed by atoms with E-state index >= 15 is 0 Å². The Labute approximate surface area is 105 Å². The van der Waals surface area contributed by atoms with Crippen LogP contribution in [0.3, 0.4) is 0 Å². The lowest BCUT2D eigenvalue weighted by molar-refractivity contribution is 0.438. The zero-order valence-corrected chi connectivity index (χ0v) is 11.0. The molecule has 1 atom stereocenters. The maximum atomic E-state index is 5.68. The Morgan fingerprint density at radius 1 is 1.50 bits per heavy atom. The van der Waals surface area contributed by atoms with Crippen molar-refractivity contribution in [3.63, 3.8) is 0 Å². The van der Waals surface area contributed by atoms with E-state index in [9.17, 15) is 0 Å². The second kappa shape index (κ2) is 5.64. The summed E-state index contributed by atoms with van der Waals surface area (Å²) in [5.74, 6) is 1.07. The van der Waals surface area contributed by atoms with Gasteiger partial charge in [0.15, 0.2) is 0 Å². The molecular weight excluding hydrogens is 266 g/mol. The predicted octanol–water partition coefficient (Wildman–Crippen LogP) is 2.55. The Balaban J connectivity index is 2.19. The first kappa shape index (κ1) is 11.9. The molecule has 0 radical (unpaired) electrons. The number of hydrogen-bond donors (Lipinski definition) is 1. The van der Waals surface area contributed by atoms with E-state index in [-0.39, 0.29) is 0 Å². The minimum atomic E-state index is 0.560. The van der Waals surface area contributed by atoms with E-state index in [1.165, 1.54) is 19.3 Å². The van der Waals surface area contributed by atoms with Gasteiger partial charge in [-0.3, -0.25) is 0 Å². The molecule has 0 saturated carbocycles. The molecule has 1 aliphatic heterocycles. The van der Waals surface area contributed by atoms with Crippen LogP contribution in [0.25, 0.3) is 0 Å². The molecule has 0 amide bonds. The summed E-state index contributed by atoms with van der Waals surface area (Å²) in [6, 6.07) is 4.57. The molecule has 0 aromatic carbocycles. The Kier molecular flexibility index (Phi) is 4.18. The highest BCUT2D eigenvalue weighted by Crippen LogP contribution is 2.30. The van der Waals surface area contributed by atoms with Gasteiger partial charge in [-0.2, -0.15) is 0 Å². The van der Waals surface area contributed by atoms with Crippen molar-refractivity contribution in [2.75, 3.05) is 18.0 Å². The van der Waals surface area contributed by atoms with Gasteiger partial charge in [0.25, 0.3) is 0 Å². The topological polar surface area (TPSA) is 42.1 Å². The fraction of sp³-hybridized carbons (Fsp3) is 0.583. The lowest BCUT2D eigenvalue weighted by Gasteiger charge is -2.37. The van der Waals surface area contributed by atoms with Crippen molar-refractivity contribution in [1.29, 1.82) is 0 Å². The van der Waals surface area contributed by atoms with Crippen LogP contribution in [0.1, 0.15) is 25.7 Å². The molecule has 1 saturated heterocycles. The Bertz CT molecular complexity index is 341. The molecule has 0 spiro atoms. The van der Waals surface area contributed by atoms with E-state index < -0.39 is 0 Å². The molecule has 4 heteroatoms. The van der Waals surface area contributed by atoms with E-state index in [4.69, 9.17) is 5.73 Å². The number of piperidine rings is 1. The molecular formula is C12H18BrN3. The summed E-state index contributed by atoms with van der Waals surface area (Å²) in [5, 5.41) is 0. The molecule has 1 aromatic rings. The van der Waals surface area contributed by atoms with Crippen LogP contribution >= 0.6 is 15.9 Å². The van der Waals surface area contributed by atoms with E-state index in [0.29, 0.717) is 6.04 Å². The average Bonchev–Trinajstić information content (AvgIpc) is 2.31. The van der Waals surface area contributed by atoms with Gasteiger partial charge in [0.1, 0.15) is 5.82 Å². The van der Waals surface area contributed by atoms with E-state index in [0.717, 1.165) is 29.8 Å². The summed E-state index contributed by atoms with van der Waals surface area (Å²) in [5.41, 5.74) is 5.68. The van der Waals surface area contributed by atoms with Gasteiger partial charge >= 0.3 is 0 Å². The summed E-state index contributed by atoms with van der Waals surface area (Å²) in [7, 11) is 0. The standard InChI is InChI=1S/C12H18BrN3/c13-11-5-3-8-15-12(11)16-9-2-1-4-10(16)6-7-14/h3,5,8,10H,1-2,4,6-7,9,14H2. The highest BCUT2D eigenvalue weighted by molar-refractivity contribution is 9.10. The summed E-state index contributed by atoms with van der Waals surface area (Å²) in [6.45, 7) is 1.85. The first-order chi connectivity index (χ1) is 7.83. The predicted molar refractivity (Wildman–Crippen MR) is 70.6 cm³/mol. The summed E-state index contributed by atoms with van der Waals surface area (Å²) >= 11 is 3.57. The normalized spacial score (nSPS) is 21.1. The van der Waals surface area contributed by atoms with E-state index in [1.54, 1.807) is 0 Å². The summed E-state index contributed by atoms with van der Waals surface area (Å²) in [6.07, 6.45) is 6.72. The zero-order valence-electron chi connectivity index (χ0n) is 9.40. The van der Waals surface area contributed by atoms with Gasteiger partial charge in [0.2, 0.25) is 0 Å². The van der Waals surface area contributed by atoms with Crippen molar-refractivity contribution in [2.45, 2.75) is 31.7 Å². The number of anilines is 1. The fourth-order valence-electron chi connectivity index (χ4n) is 2.36. The van der Waals surface area contributed by atoms with Crippen molar-refractivity contribution < 1.29 is 0 Å². The number of aromatic nitrogens is 1. The van der Waals surface area contributed by atoms with E-state index in [2.05, 4.69) is 31.9 Å². The third kappa shape index (κ3) is 2.55. The Morgan fingerprint density at radius 2 is 2.38 bits per heavy atom. The number of halogens is 1. The first-order valence-electron chi connectivity index (χ1n) is 5.90. The minimum absolute atomic E-state index is 0.560. The van der Waals surface area contributed by atoms with Crippen LogP contribution in [-0.2, 0) is 0 Å². The monoisotopic (exact) mass is 283 g/mol. The second-order valence-corrected chi connectivity index (χ2v) is 5.08. The number of nitrogens with two attached hydrogens (primary N) is 1. The highest BCUT2D eigenvalue weighted by atomic mass is 79.9. The molecule has 1 aromatic heterocycles. The maximum absolute atomic E-state index is 5.68. The molecule has 2 heterocycles. The molecule has 3 nitrogen and oxygen atoms in total. The van der Waals surface area contributed by atoms with Crippen molar-refractivity contribution in [1.82, 2.24) is 4.98 Å². The van der Waals surface area contributed by atoms with Crippen molar-refractivity contribution in [3.8, 4) is 0 Å². The molecule has 88 valence electrons. The fourth-order valence-corrected chi connectivity index (χ4v) is 2.84. The smallest absolute Gasteiger partial charge is 0.143 e. The molecule has 1 fully saturated rings. The van der Waals surface area contributed by atoms with E-state index in [1.807, 2.05) is 12.3 Å². The Morgan fingerprint density at radius 3 is 3.12 bits per heavy atom. The van der Waals surface area contributed by atoms with Gasteiger partial charge in [-0.05, 0) is 60.3 Å². The highest BCUT2D eigenvalue weighted by Gasteiger charge is 2.23. The maximum Gasteiger partial charge on any atom is 0.143 e. The second-order valence-electron chi connectivity index (χ2n) is 4.23. The lowest BCUT2D eigenvalue weighted by atomic mass is 9.99. The molecule has 1 unspecified atom stereocenters. The molecule has 0 aliphatic carbocycles. The van der Waals surface area contributed by atoms with Gasteiger partial charge in [-0.25, -0.2) is 4.98 Å². The van der Waals surface area contributed by atoms with Gasteiger partial charge < -0.3 is 10.6 Å². The van der Waals surface area contributed by atoms with Crippen LogP contribution < -0.4 is 10.6 Å². The Hall–Kier alpha value is -0.610. The largest absolute Gasteiger partial charge is 0.353 e. The minimum Gasteiger partial charge on any atom is -0.353 e. The molecule has 0 bridgehead atoms. The van der Waals surface area contributed by atoms with Crippen molar-refractivity contribution in [3.05, 3.63) is 22.8 Å². The van der Waals surface area contributed by atoms with Crippen LogP contribution in [0.15, 0.2) is 22.8 Å². The van der Waals surface area contributed by atoms with Crippen LogP contribution in [-0.4, -0.2) is 24.1 Å². The van der Waals surface area contributed by atoms with Gasteiger partial charge in [0, 0.05) is 18.8 Å². The summed E-state index contributed by atoms with van der Waals surface area (Å²) < 4.78 is 1.08. The number of nitrogens with zero attached hydrogens (tertiary/aromatic N) is 2. The SMILES string of the molecule is NCCC1CCCCN1c1ncccc1Br. The van der Waals surface area contributed by atoms with Crippen LogP contribution in [0.2, 0.25) is 0 Å². The van der Waals surface area contributed by atoms with Crippen molar-refractivity contribution in [2.24, 2.45) is 5.73 Å². The average molecular weight is 284 g/mol. The third-order valence-electron chi connectivity index (χ3n) is 3.14. The van der Waals surface area contributed by atoms with Crippen LogP contribution in [0.4, 0.5) is 5.82 Å². The number of hydrogen-bond acceptors (Lipinski definition) is 3. The van der Waals surface area contributed by atoms with Gasteiger partial charge in [-0.1, -0.05) is 0 Å². The van der Waals surface area contributed by atoms with Gasteiger partial charge in [0.05, 0.1) is 4.47 Å².